The Bertz CT molecular complexity index is 2230. The van der Waals surface area contributed by atoms with Crippen molar-refractivity contribution in [1.29, 1.82) is 0 Å². The van der Waals surface area contributed by atoms with Crippen LogP contribution in [0.1, 0.15) is 0 Å². The molecule has 0 atom stereocenters. The molecule has 0 saturated carbocycles. The first-order valence-electron chi connectivity index (χ1n) is 19.1. The van der Waals surface area contributed by atoms with Gasteiger partial charge in [0.05, 0.1) is 0 Å². The van der Waals surface area contributed by atoms with Crippen LogP contribution < -0.4 is 17.8 Å². The molecule has 0 amide bonds. The van der Waals surface area contributed by atoms with Crippen molar-refractivity contribution in [3.63, 3.8) is 0 Å². The van der Waals surface area contributed by atoms with E-state index in [4.69, 9.17) is 51.9 Å². The number of likely N-dealkylation sites (N-methyl/N-ethyl adjacent to an activating group) is 4. The van der Waals surface area contributed by atoms with Gasteiger partial charge in [0.2, 0.25) is 0 Å². The number of pyridine rings is 4. The second-order valence-electron chi connectivity index (χ2n) is 13.9. The van der Waals surface area contributed by atoms with Crippen molar-refractivity contribution in [1.82, 2.24) is 39.5 Å². The van der Waals surface area contributed by atoms with Gasteiger partial charge >= 0.3 is 251 Å². The van der Waals surface area contributed by atoms with E-state index in [2.05, 4.69) is 144 Å². The summed E-state index contributed by atoms with van der Waals surface area (Å²) in [6.07, 6.45) is 14.9. The van der Waals surface area contributed by atoms with Gasteiger partial charge in [-0.15, -0.1) is 0 Å². The molecule has 0 bridgehead atoms. The summed E-state index contributed by atoms with van der Waals surface area (Å²) in [5.41, 5.74) is -22.6. The van der Waals surface area contributed by atoms with E-state index < -0.39 is 62.5 Å². The number of aromatic nitrogens is 4. The summed E-state index contributed by atoms with van der Waals surface area (Å²) in [5.74, 6) is 0. The zero-order chi connectivity index (χ0) is 60.4. The molecule has 0 radical (unpaired) electrons. The van der Waals surface area contributed by atoms with Crippen LogP contribution in [0.15, 0.2) is 98.1 Å². The van der Waals surface area contributed by atoms with Gasteiger partial charge in [0.15, 0.2) is 40.5 Å². The van der Waals surface area contributed by atoms with Crippen molar-refractivity contribution in [2.75, 3.05) is 82.6 Å². The van der Waals surface area contributed by atoms with Gasteiger partial charge in [-0.1, -0.05) is 0 Å². The number of nitrogens with zero attached hydrogens (tertiary/aromatic N) is 8. The van der Waals surface area contributed by atoms with Gasteiger partial charge in [0, 0.05) is 26.2 Å². The molecule has 0 fully saturated rings. The molecule has 4 heterocycles. The molecule has 0 aromatic carbocycles. The topological polar surface area (TPSA) is 293 Å². The van der Waals surface area contributed by atoms with Crippen molar-refractivity contribution < 1.29 is 145 Å². The standard InChI is InChI=1S/2C10H8N2Se2.2C6H16N2.4CHF3O3S.2Pd/c2*1-5-11-6-2-9(1)13-14-10-3-7-12-8-4-10;2*1-7(2)5-6-8(3)4;4*2-1(3,4)8(5,6)7;;/h2*1-8H;2*5-6H2,1-4H3;4*(H,5,6,7);;/q;;;;;;;;2*+2/p-4. The maximum absolute atomic E-state index is 10.7. The summed E-state index contributed by atoms with van der Waals surface area (Å²) in [4.78, 5) is 24.8. The molecule has 78 heavy (non-hydrogen) atoms. The molecule has 0 unspecified atom stereocenters. The first kappa shape index (κ1) is 87.9. The fourth-order valence-corrected chi connectivity index (χ4v) is 14.4. The summed E-state index contributed by atoms with van der Waals surface area (Å²) in [6.45, 7) is 4.58. The SMILES string of the molecule is CN(C)CCN(C)C.CN(C)CCN(C)C.O=S(=O)([O-])C(F)(F)F.O=S(=O)([O-])C(F)(F)F.O=S(=O)([O-])C(F)(F)F.O=S(=O)([O-])C(F)(F)F.[Pd+2].[Pd+2].c1cc([Se][Se]c2ccncc2)ccn1.c1cc([Se][Se]c2ccncc2)ccn1. The molecule has 4 aromatic heterocycles. The molecule has 20 nitrogen and oxygen atoms in total. The molecule has 4 aromatic rings. The minimum absolute atomic E-state index is 0. The average molecular weight is 1670 g/mol. The molecule has 4 rings (SSSR count). The van der Waals surface area contributed by atoms with Crippen molar-refractivity contribution in [2.45, 2.75) is 22.0 Å². The Hall–Kier alpha value is -1.36. The zero-order valence-electron chi connectivity index (χ0n) is 41.0. The number of alkyl halides is 12. The summed E-state index contributed by atoms with van der Waals surface area (Å²) in [7, 11) is -7.67. The molecule has 0 aliphatic heterocycles. The first-order chi connectivity index (χ1) is 34.2. The van der Waals surface area contributed by atoms with E-state index in [1.54, 1.807) is 0 Å². The van der Waals surface area contributed by atoms with Crippen molar-refractivity contribution in [3.8, 4) is 0 Å². The van der Waals surface area contributed by atoms with Crippen LogP contribution in [0, 0.1) is 0 Å². The van der Waals surface area contributed by atoms with Gasteiger partial charge < -0.3 is 37.8 Å². The zero-order valence-corrected chi connectivity index (χ0v) is 54.2. The van der Waals surface area contributed by atoms with Gasteiger partial charge in [0.25, 0.3) is 0 Å². The van der Waals surface area contributed by atoms with Crippen molar-refractivity contribution in [3.05, 3.63) is 98.1 Å². The Morgan fingerprint density at radius 1 is 0.333 bits per heavy atom. The Morgan fingerprint density at radius 2 is 0.436 bits per heavy atom. The molecule has 42 heteroatoms. The Kier molecular flexibility index (Phi) is 48.8. The molecule has 0 aliphatic carbocycles. The molecule has 0 spiro atoms. The number of halogens is 12. The van der Waals surface area contributed by atoms with E-state index in [9.17, 15) is 52.7 Å². The molecule has 456 valence electrons. The maximum atomic E-state index is 10.7. The van der Waals surface area contributed by atoms with E-state index >= 15 is 0 Å². The molecule has 0 aliphatic rings. The summed E-state index contributed by atoms with van der Waals surface area (Å²) in [6, 6.07) is 16.8. The Morgan fingerprint density at radius 3 is 0.513 bits per heavy atom. The Balaban J connectivity index is -0.000000192. The van der Waals surface area contributed by atoms with E-state index in [1.807, 2.05) is 49.6 Å². The third-order valence-corrected chi connectivity index (χ3v) is 22.9. The second-order valence-corrected chi connectivity index (χ2v) is 32.0. The van der Waals surface area contributed by atoms with Gasteiger partial charge in [-0.3, -0.25) is 0 Å². The summed E-state index contributed by atoms with van der Waals surface area (Å²) in [5, 5.41) is 0. The number of rotatable bonds is 12. The Labute approximate surface area is 494 Å². The van der Waals surface area contributed by atoms with Crippen LogP contribution in [0.25, 0.3) is 0 Å². The average Bonchev–Trinajstić information content (AvgIpc) is 3.26. The van der Waals surface area contributed by atoms with Crippen LogP contribution in [0.3, 0.4) is 0 Å². The van der Waals surface area contributed by atoms with Gasteiger partial charge in [-0.25, -0.2) is 33.7 Å². The van der Waals surface area contributed by atoms with Crippen LogP contribution in [0.2, 0.25) is 0 Å². The quantitative estimate of drug-likeness (QED) is 0.0776. The molecular weight excluding hydrogens is 1620 g/mol. The second kappa shape index (κ2) is 43.3. The normalized spacial score (nSPS) is 11.6. The fraction of sp³-hybridized carbons (Fsp3) is 0.444. The van der Waals surface area contributed by atoms with E-state index in [0.29, 0.717) is 52.5 Å². The minimum atomic E-state index is -6.09. The van der Waals surface area contributed by atoms with E-state index in [0.717, 1.165) is 26.2 Å². The van der Waals surface area contributed by atoms with E-state index in [1.165, 1.54) is 17.8 Å². The molecule has 0 N–H and O–H groups in total. The van der Waals surface area contributed by atoms with Gasteiger partial charge in [0.1, 0.15) is 0 Å². The fourth-order valence-electron chi connectivity index (χ4n) is 2.57. The van der Waals surface area contributed by atoms with Crippen molar-refractivity contribution in [2.24, 2.45) is 0 Å². The number of hydrogen-bond donors (Lipinski definition) is 0. The van der Waals surface area contributed by atoms with Gasteiger partial charge in [-0.05, 0) is 56.4 Å². The van der Waals surface area contributed by atoms with Gasteiger partial charge in [-0.2, -0.15) is 52.7 Å². The van der Waals surface area contributed by atoms with E-state index in [-0.39, 0.29) is 40.8 Å². The first-order valence-corrected chi connectivity index (χ1v) is 36.8. The molecule has 0 saturated heterocycles. The van der Waals surface area contributed by atoms with Crippen LogP contribution in [0.5, 0.6) is 0 Å². The van der Waals surface area contributed by atoms with Crippen LogP contribution in [-0.4, -0.2) is 249 Å². The third kappa shape index (κ3) is 53.9. The van der Waals surface area contributed by atoms with Crippen LogP contribution >= 0.6 is 0 Å². The van der Waals surface area contributed by atoms with Crippen molar-refractivity contribution >= 4 is 111 Å². The molecular formula is C36H48F12N8O12Pd2S4Se4. The number of hydrogen-bond acceptors (Lipinski definition) is 20. The summed E-state index contributed by atoms with van der Waals surface area (Å²) >= 11 is 2.27. The van der Waals surface area contributed by atoms with Crippen LogP contribution in [-0.2, 0) is 81.3 Å². The third-order valence-electron chi connectivity index (χ3n) is 6.19. The summed E-state index contributed by atoms with van der Waals surface area (Å²) < 4.78 is 241. The monoisotopic (exact) mass is 1670 g/mol. The predicted octanol–water partition coefficient (Wildman–Crippen LogP) is -0.0786. The predicted molar refractivity (Wildman–Crippen MR) is 256 cm³/mol. The van der Waals surface area contributed by atoms with Crippen LogP contribution in [0.4, 0.5) is 52.7 Å².